The number of carboxylic acids is 1. The molecule has 82 valence electrons. The van der Waals surface area contributed by atoms with E-state index in [1.54, 1.807) is 6.07 Å². The highest BCUT2D eigenvalue weighted by Gasteiger charge is 2.10. The highest BCUT2D eigenvalue weighted by atomic mass is 79.9. The predicted octanol–water partition coefficient (Wildman–Crippen LogP) is 2.32. The van der Waals surface area contributed by atoms with Gasteiger partial charge in [0.1, 0.15) is 5.82 Å². The minimum Gasteiger partial charge on any atom is -0.480 e. The number of hydrogen-bond donors (Lipinski definition) is 2. The maximum Gasteiger partial charge on any atom is 0.317 e. The standard InChI is InChI=1S/C10H11BrFNO2/c1-6(13-5-10(14)15)8-3-2-7(12)4-9(8)11/h2-4,6,13H,5H2,1H3,(H,14,15). The Morgan fingerprint density at radius 3 is 2.87 bits per heavy atom. The van der Waals surface area contributed by atoms with Crippen LogP contribution in [0.1, 0.15) is 18.5 Å². The molecule has 1 aromatic carbocycles. The van der Waals surface area contributed by atoms with Gasteiger partial charge in [0.2, 0.25) is 0 Å². The number of hydrogen-bond acceptors (Lipinski definition) is 2. The van der Waals surface area contributed by atoms with Gasteiger partial charge >= 0.3 is 5.97 Å². The lowest BCUT2D eigenvalue weighted by Gasteiger charge is -2.14. The van der Waals surface area contributed by atoms with E-state index in [1.165, 1.54) is 12.1 Å². The summed E-state index contributed by atoms with van der Waals surface area (Å²) < 4.78 is 13.4. The summed E-state index contributed by atoms with van der Waals surface area (Å²) in [5, 5.41) is 11.3. The molecule has 0 spiro atoms. The molecule has 0 amide bonds. The first-order valence-electron chi connectivity index (χ1n) is 4.41. The Bertz CT molecular complexity index is 370. The Balaban J connectivity index is 2.73. The molecule has 5 heteroatoms. The molecular formula is C10H11BrFNO2. The summed E-state index contributed by atoms with van der Waals surface area (Å²) in [4.78, 5) is 10.3. The zero-order valence-corrected chi connectivity index (χ0v) is 9.71. The van der Waals surface area contributed by atoms with Gasteiger partial charge in [0.15, 0.2) is 0 Å². The van der Waals surface area contributed by atoms with Gasteiger partial charge in [-0.25, -0.2) is 4.39 Å². The topological polar surface area (TPSA) is 49.3 Å². The fraction of sp³-hybridized carbons (Fsp3) is 0.300. The summed E-state index contributed by atoms with van der Waals surface area (Å²) in [5.74, 6) is -1.24. The van der Waals surface area contributed by atoms with Crippen molar-refractivity contribution in [2.24, 2.45) is 0 Å². The van der Waals surface area contributed by atoms with Crippen molar-refractivity contribution in [1.82, 2.24) is 5.32 Å². The zero-order chi connectivity index (χ0) is 11.4. The van der Waals surface area contributed by atoms with E-state index in [0.717, 1.165) is 5.56 Å². The van der Waals surface area contributed by atoms with Crippen LogP contribution in [0.25, 0.3) is 0 Å². The van der Waals surface area contributed by atoms with Crippen molar-refractivity contribution in [3.05, 3.63) is 34.1 Å². The molecule has 1 rings (SSSR count). The number of carboxylic acid groups (broad SMARTS) is 1. The molecule has 0 heterocycles. The number of halogens is 2. The van der Waals surface area contributed by atoms with Crippen molar-refractivity contribution in [3.63, 3.8) is 0 Å². The molecule has 0 aliphatic heterocycles. The zero-order valence-electron chi connectivity index (χ0n) is 8.13. The van der Waals surface area contributed by atoms with Crippen LogP contribution in [0.5, 0.6) is 0 Å². The van der Waals surface area contributed by atoms with E-state index in [1.807, 2.05) is 6.92 Å². The molecule has 0 bridgehead atoms. The molecule has 1 unspecified atom stereocenters. The summed E-state index contributed by atoms with van der Waals surface area (Å²) in [6.45, 7) is 1.70. The molecule has 1 aromatic rings. The van der Waals surface area contributed by atoms with Gasteiger partial charge in [-0.05, 0) is 24.6 Å². The van der Waals surface area contributed by atoms with Crippen LogP contribution in [0.2, 0.25) is 0 Å². The van der Waals surface area contributed by atoms with E-state index in [4.69, 9.17) is 5.11 Å². The molecule has 0 aromatic heterocycles. The molecule has 0 fully saturated rings. The van der Waals surface area contributed by atoms with Crippen molar-refractivity contribution < 1.29 is 14.3 Å². The third kappa shape index (κ3) is 3.60. The maximum absolute atomic E-state index is 12.8. The molecule has 3 nitrogen and oxygen atoms in total. The van der Waals surface area contributed by atoms with Gasteiger partial charge in [-0.2, -0.15) is 0 Å². The summed E-state index contributed by atoms with van der Waals surface area (Å²) in [7, 11) is 0. The molecule has 0 aliphatic rings. The third-order valence-electron chi connectivity index (χ3n) is 1.99. The second-order valence-corrected chi connectivity index (χ2v) is 4.02. The van der Waals surface area contributed by atoms with Crippen LogP contribution in [-0.4, -0.2) is 17.6 Å². The van der Waals surface area contributed by atoms with Crippen LogP contribution in [0.3, 0.4) is 0 Å². The van der Waals surface area contributed by atoms with Gasteiger partial charge in [0.25, 0.3) is 0 Å². The lowest BCUT2D eigenvalue weighted by atomic mass is 10.1. The first-order chi connectivity index (χ1) is 7.00. The molecule has 0 saturated carbocycles. The highest BCUT2D eigenvalue weighted by Crippen LogP contribution is 2.23. The smallest absolute Gasteiger partial charge is 0.317 e. The van der Waals surface area contributed by atoms with Crippen molar-refractivity contribution in [2.75, 3.05) is 6.54 Å². The van der Waals surface area contributed by atoms with Gasteiger partial charge in [-0.3, -0.25) is 4.79 Å². The van der Waals surface area contributed by atoms with Crippen LogP contribution >= 0.6 is 15.9 Å². The van der Waals surface area contributed by atoms with Crippen LogP contribution in [0.4, 0.5) is 4.39 Å². The summed E-state index contributed by atoms with van der Waals surface area (Å²) in [6.07, 6.45) is 0. The number of carbonyl (C=O) groups is 1. The number of nitrogens with one attached hydrogen (secondary N) is 1. The maximum atomic E-state index is 12.8. The van der Waals surface area contributed by atoms with E-state index < -0.39 is 5.97 Å². The molecule has 1 atom stereocenters. The Morgan fingerprint density at radius 2 is 2.33 bits per heavy atom. The summed E-state index contributed by atoms with van der Waals surface area (Å²) >= 11 is 3.23. The van der Waals surface area contributed by atoms with Crippen LogP contribution < -0.4 is 5.32 Å². The SMILES string of the molecule is CC(NCC(=O)O)c1ccc(F)cc1Br. The first kappa shape index (κ1) is 12.1. The number of benzene rings is 1. The molecule has 0 radical (unpaired) electrons. The fourth-order valence-electron chi connectivity index (χ4n) is 1.20. The predicted molar refractivity (Wildman–Crippen MR) is 58.2 cm³/mol. The quantitative estimate of drug-likeness (QED) is 0.887. The molecule has 0 saturated heterocycles. The van der Waals surface area contributed by atoms with Gasteiger partial charge in [0.05, 0.1) is 6.54 Å². The Hall–Kier alpha value is -0.940. The minimum absolute atomic E-state index is 0.120. The first-order valence-corrected chi connectivity index (χ1v) is 5.20. The average Bonchev–Trinajstić information content (AvgIpc) is 2.14. The van der Waals surface area contributed by atoms with E-state index in [-0.39, 0.29) is 18.4 Å². The van der Waals surface area contributed by atoms with Crippen molar-refractivity contribution >= 4 is 21.9 Å². The minimum atomic E-state index is -0.917. The lowest BCUT2D eigenvalue weighted by Crippen LogP contribution is -2.25. The molecule has 0 aliphatic carbocycles. The van der Waals surface area contributed by atoms with Crippen molar-refractivity contribution in [3.8, 4) is 0 Å². The van der Waals surface area contributed by atoms with Gasteiger partial charge in [0, 0.05) is 10.5 Å². The van der Waals surface area contributed by atoms with Crippen molar-refractivity contribution in [1.29, 1.82) is 0 Å². The number of aliphatic carboxylic acids is 1. The average molecular weight is 276 g/mol. The Kier molecular flexibility index (Phi) is 4.23. The van der Waals surface area contributed by atoms with Crippen LogP contribution in [-0.2, 0) is 4.79 Å². The van der Waals surface area contributed by atoms with Gasteiger partial charge in [-0.1, -0.05) is 22.0 Å². The third-order valence-corrected chi connectivity index (χ3v) is 2.68. The largest absolute Gasteiger partial charge is 0.480 e. The Morgan fingerprint density at radius 1 is 1.67 bits per heavy atom. The molecular weight excluding hydrogens is 265 g/mol. The van der Waals surface area contributed by atoms with Gasteiger partial charge < -0.3 is 10.4 Å². The monoisotopic (exact) mass is 275 g/mol. The second kappa shape index (κ2) is 5.23. The van der Waals surface area contributed by atoms with Crippen molar-refractivity contribution in [2.45, 2.75) is 13.0 Å². The fourth-order valence-corrected chi connectivity index (χ4v) is 1.90. The molecule has 15 heavy (non-hydrogen) atoms. The Labute approximate surface area is 95.4 Å². The van der Waals surface area contributed by atoms with E-state index >= 15 is 0 Å². The van der Waals surface area contributed by atoms with Crippen LogP contribution in [0.15, 0.2) is 22.7 Å². The van der Waals surface area contributed by atoms with Crippen LogP contribution in [0, 0.1) is 5.82 Å². The molecule has 2 N–H and O–H groups in total. The van der Waals surface area contributed by atoms with E-state index in [2.05, 4.69) is 21.2 Å². The second-order valence-electron chi connectivity index (χ2n) is 3.16. The number of rotatable bonds is 4. The highest BCUT2D eigenvalue weighted by molar-refractivity contribution is 9.10. The summed E-state index contributed by atoms with van der Waals surface area (Å²) in [6, 6.07) is 4.18. The van der Waals surface area contributed by atoms with E-state index in [0.29, 0.717) is 4.47 Å². The normalized spacial score (nSPS) is 12.5. The lowest BCUT2D eigenvalue weighted by molar-refractivity contribution is -0.136. The van der Waals surface area contributed by atoms with E-state index in [9.17, 15) is 9.18 Å². The van der Waals surface area contributed by atoms with Gasteiger partial charge in [-0.15, -0.1) is 0 Å². The summed E-state index contributed by atoms with van der Waals surface area (Å²) in [5.41, 5.74) is 0.831.